The first-order valence-corrected chi connectivity index (χ1v) is 17.0. The third-order valence-corrected chi connectivity index (χ3v) is 7.44. The molecule has 0 fully saturated rings. The summed E-state index contributed by atoms with van der Waals surface area (Å²) in [5.41, 5.74) is -5.05. The molecule has 2 atom stereocenters. The van der Waals surface area contributed by atoms with Crippen LogP contribution in [0.2, 0.25) is 0 Å². The predicted molar refractivity (Wildman–Crippen MR) is 139 cm³/mol. The van der Waals surface area contributed by atoms with Crippen molar-refractivity contribution in [1.29, 1.82) is 0 Å². The molecule has 0 aromatic heterocycles. The molecule has 4 nitrogen and oxygen atoms in total. The normalized spacial score (nSPS) is 14.1. The van der Waals surface area contributed by atoms with Crippen molar-refractivity contribution in [3.63, 3.8) is 0 Å². The summed E-state index contributed by atoms with van der Waals surface area (Å²) in [5.74, 6) is 1.37. The third-order valence-electron chi connectivity index (χ3n) is 3.42. The maximum atomic E-state index is 5.47. The molecular weight excluding hydrogens is 560 g/mol. The van der Waals surface area contributed by atoms with Crippen LogP contribution in [0.3, 0.4) is 0 Å². The van der Waals surface area contributed by atoms with E-state index in [-0.39, 0.29) is 19.5 Å². The zero-order valence-corrected chi connectivity index (χ0v) is 25.9. The van der Waals surface area contributed by atoms with Crippen molar-refractivity contribution in [3.8, 4) is 11.5 Å². The first-order chi connectivity index (χ1) is 14.3. The van der Waals surface area contributed by atoms with Crippen molar-refractivity contribution in [1.82, 2.24) is 0 Å². The minimum absolute atomic E-state index is 0. The fraction of sp³-hybridized carbons (Fsp3) is 0.400. The van der Waals surface area contributed by atoms with Gasteiger partial charge in [-0.1, -0.05) is 86.7 Å². The molecule has 2 rings (SSSR count). The predicted octanol–water partition coefficient (Wildman–Crippen LogP) is 7.30. The van der Waals surface area contributed by atoms with Gasteiger partial charge in [0.2, 0.25) is 0 Å². The molecule has 2 unspecified atom stereocenters. The fourth-order valence-corrected chi connectivity index (χ4v) is 5.41. The van der Waals surface area contributed by atoms with Crippen LogP contribution in [0.4, 0.5) is 0 Å². The molecule has 168 valence electrons. The van der Waals surface area contributed by atoms with Gasteiger partial charge >= 0.3 is 19.5 Å². The monoisotopic (exact) mass is 586 g/mol. The minimum Gasteiger partial charge on any atom is -0.678 e. The van der Waals surface area contributed by atoms with Crippen LogP contribution in [-0.2, 0) is 76.6 Å². The van der Waals surface area contributed by atoms with E-state index in [1.807, 2.05) is 60.7 Å². The van der Waals surface area contributed by atoms with E-state index in [1.165, 1.54) is 0 Å². The molecule has 0 radical (unpaired) electrons. The Kier molecular flexibility index (Phi) is 18.3. The van der Waals surface area contributed by atoms with E-state index in [0.29, 0.717) is 24.7 Å². The molecule has 0 spiro atoms. The van der Waals surface area contributed by atoms with E-state index in [1.54, 1.807) is 0 Å². The third kappa shape index (κ3) is 16.8. The van der Waals surface area contributed by atoms with Gasteiger partial charge in [-0.3, -0.25) is 0 Å². The van der Waals surface area contributed by atoms with E-state index >= 15 is 0 Å². The van der Waals surface area contributed by atoms with Gasteiger partial charge in [0.1, 0.15) is 22.9 Å². The van der Waals surface area contributed by atoms with Crippen LogP contribution in [0.1, 0.15) is 39.5 Å². The molecular formula is C20H28O4P2S4Zn. The van der Waals surface area contributed by atoms with Gasteiger partial charge in [0, 0.05) is 0 Å². The molecule has 31 heavy (non-hydrogen) atoms. The number of unbranched alkanes of at least 4 members (excludes halogenated alkanes) is 2. The van der Waals surface area contributed by atoms with E-state index in [4.69, 9.17) is 66.2 Å². The van der Waals surface area contributed by atoms with Crippen LogP contribution in [-0.4, -0.2) is 13.2 Å². The SMILES string of the molecule is CCCCOP(=S)([S-])Oc1ccccc1.CCCCOP(=S)([S-])Oc1ccccc1.[Zn+2]. The van der Waals surface area contributed by atoms with Crippen molar-refractivity contribution >= 4 is 59.5 Å². The van der Waals surface area contributed by atoms with Crippen LogP contribution in [0, 0.1) is 0 Å². The van der Waals surface area contributed by atoms with E-state index in [9.17, 15) is 0 Å². The smallest absolute Gasteiger partial charge is 0.678 e. The number of benzene rings is 2. The molecule has 0 N–H and O–H groups in total. The quantitative estimate of drug-likeness (QED) is 0.111. The Balaban J connectivity index is 0.000000562. The molecule has 0 saturated heterocycles. The Morgan fingerprint density at radius 1 is 0.677 bits per heavy atom. The zero-order valence-electron chi connectivity index (χ0n) is 17.9. The molecule has 0 aliphatic rings. The van der Waals surface area contributed by atoms with Crippen molar-refractivity contribution in [3.05, 3.63) is 60.7 Å². The van der Waals surface area contributed by atoms with Crippen LogP contribution in [0.5, 0.6) is 11.5 Å². The first kappa shape index (κ1) is 31.6. The standard InChI is InChI=1S/2C10H15O2PS2.Zn/c2*1-2-3-9-11-13(14,15)12-10-7-5-4-6-8-10;/h2*4-8H,2-3,9H2,1H3,(H,14,15);/q;;+2/p-2. The largest absolute Gasteiger partial charge is 2.00 e. The number of hydrogen-bond acceptors (Lipinski definition) is 8. The van der Waals surface area contributed by atoms with E-state index < -0.39 is 11.4 Å². The van der Waals surface area contributed by atoms with Crippen LogP contribution >= 0.6 is 11.4 Å². The average Bonchev–Trinajstić information content (AvgIpc) is 2.69. The zero-order chi connectivity index (χ0) is 22.3. The topological polar surface area (TPSA) is 36.9 Å². The summed E-state index contributed by atoms with van der Waals surface area (Å²) in [5, 5.41) is 0. The Hall–Kier alpha value is 0.583. The number of hydrogen-bond donors (Lipinski definition) is 0. The second-order valence-corrected chi connectivity index (χ2v) is 15.9. The van der Waals surface area contributed by atoms with Crippen LogP contribution < -0.4 is 9.05 Å². The molecule has 0 aliphatic heterocycles. The van der Waals surface area contributed by atoms with Crippen molar-refractivity contribution < 1.29 is 37.6 Å². The van der Waals surface area contributed by atoms with Gasteiger partial charge in [-0.15, -0.1) is 0 Å². The molecule has 0 bridgehead atoms. The average molecular weight is 588 g/mol. The Labute approximate surface area is 220 Å². The van der Waals surface area contributed by atoms with Crippen molar-refractivity contribution in [2.75, 3.05) is 13.2 Å². The second-order valence-electron chi connectivity index (χ2n) is 6.08. The Morgan fingerprint density at radius 3 is 1.29 bits per heavy atom. The summed E-state index contributed by atoms with van der Waals surface area (Å²) >= 11 is 20.5. The molecule has 0 heterocycles. The summed E-state index contributed by atoms with van der Waals surface area (Å²) in [6.07, 6.45) is 4.06. The van der Waals surface area contributed by atoms with Crippen molar-refractivity contribution in [2.45, 2.75) is 39.5 Å². The Bertz CT molecular complexity index is 733. The first-order valence-electron chi connectivity index (χ1n) is 9.68. The van der Waals surface area contributed by atoms with Gasteiger partial charge in [0.25, 0.3) is 0 Å². The maximum Gasteiger partial charge on any atom is 2.00 e. The molecule has 2 aromatic rings. The fourth-order valence-electron chi connectivity index (χ4n) is 1.91. The van der Waals surface area contributed by atoms with Gasteiger partial charge in [-0.05, 0) is 37.1 Å². The molecule has 2 aromatic carbocycles. The number of para-hydroxylation sites is 2. The van der Waals surface area contributed by atoms with Gasteiger partial charge in [-0.2, -0.15) is 0 Å². The molecule has 0 aliphatic carbocycles. The summed E-state index contributed by atoms with van der Waals surface area (Å²) in [7, 11) is 0. The van der Waals surface area contributed by atoms with Gasteiger partial charge in [0.15, 0.2) is 0 Å². The molecule has 11 heteroatoms. The van der Waals surface area contributed by atoms with Gasteiger partial charge in [-0.25, -0.2) is 0 Å². The van der Waals surface area contributed by atoms with E-state index in [2.05, 4.69) is 13.8 Å². The van der Waals surface area contributed by atoms with Gasteiger partial charge < -0.3 is 42.6 Å². The van der Waals surface area contributed by atoms with Gasteiger partial charge in [0.05, 0.1) is 13.2 Å². The van der Waals surface area contributed by atoms with Crippen molar-refractivity contribution in [2.24, 2.45) is 0 Å². The second kappa shape index (κ2) is 18.0. The minimum atomic E-state index is -2.53. The van der Waals surface area contributed by atoms with Crippen LogP contribution in [0.25, 0.3) is 0 Å². The summed E-state index contributed by atoms with van der Waals surface area (Å²) in [6, 6.07) is 18.7. The Morgan fingerprint density at radius 2 is 1.00 bits per heavy atom. The summed E-state index contributed by atoms with van der Waals surface area (Å²) in [6.45, 7) is 5.36. The number of rotatable bonds is 12. The molecule has 0 amide bonds. The maximum absolute atomic E-state index is 5.47. The van der Waals surface area contributed by atoms with Crippen LogP contribution in [0.15, 0.2) is 60.7 Å². The molecule has 0 saturated carbocycles. The summed E-state index contributed by atoms with van der Waals surface area (Å²) < 4.78 is 21.7. The van der Waals surface area contributed by atoms with E-state index in [0.717, 1.165) is 25.7 Å². The summed E-state index contributed by atoms with van der Waals surface area (Å²) in [4.78, 5) is 0.